The fourth-order valence-corrected chi connectivity index (χ4v) is 2.15. The van der Waals surface area contributed by atoms with Crippen molar-refractivity contribution < 1.29 is 9.53 Å². The van der Waals surface area contributed by atoms with E-state index < -0.39 is 0 Å². The van der Waals surface area contributed by atoms with Crippen LogP contribution < -0.4 is 15.8 Å². The molecule has 0 aliphatic rings. The third kappa shape index (κ3) is 3.77. The zero-order valence-electron chi connectivity index (χ0n) is 11.2. The van der Waals surface area contributed by atoms with Crippen LogP contribution in [0.1, 0.15) is 15.9 Å². The van der Waals surface area contributed by atoms with Crippen molar-refractivity contribution in [3.63, 3.8) is 0 Å². The number of amides is 1. The van der Waals surface area contributed by atoms with Gasteiger partial charge in [0.15, 0.2) is 0 Å². The highest BCUT2D eigenvalue weighted by atomic mass is 35.5. The Morgan fingerprint density at radius 3 is 2.86 bits per heavy atom. The smallest absolute Gasteiger partial charge is 0.253 e. The zero-order chi connectivity index (χ0) is 15.4. The van der Waals surface area contributed by atoms with Gasteiger partial charge in [-0.25, -0.2) is 4.98 Å². The van der Waals surface area contributed by atoms with E-state index in [2.05, 4.69) is 10.3 Å². The number of hydrogen-bond donors (Lipinski definition) is 2. The van der Waals surface area contributed by atoms with Crippen LogP contribution in [0.2, 0.25) is 10.0 Å². The van der Waals surface area contributed by atoms with Crippen LogP contribution in [0.15, 0.2) is 30.5 Å². The van der Waals surface area contributed by atoms with Crippen LogP contribution in [0.3, 0.4) is 0 Å². The van der Waals surface area contributed by atoms with Crippen molar-refractivity contribution in [3.8, 4) is 5.88 Å². The van der Waals surface area contributed by atoms with E-state index in [-0.39, 0.29) is 21.5 Å². The first-order valence-electron chi connectivity index (χ1n) is 6.03. The lowest BCUT2D eigenvalue weighted by atomic mass is 10.1. The summed E-state index contributed by atoms with van der Waals surface area (Å²) >= 11 is 11.9. The highest BCUT2D eigenvalue weighted by Crippen LogP contribution is 2.28. The Morgan fingerprint density at radius 2 is 2.14 bits per heavy atom. The maximum absolute atomic E-state index is 12.1. The number of carbonyl (C=O) groups is 1. The number of rotatable bonds is 4. The molecule has 21 heavy (non-hydrogen) atoms. The standard InChI is InChI=1S/C14H13Cl2N3O2/c1-21-12-4-8(2-3-18-12)7-19-14(20)10-5-9(17)6-11(15)13(10)16/h2-6H,7,17H2,1H3,(H,19,20). The fourth-order valence-electron chi connectivity index (χ4n) is 1.72. The van der Waals surface area contributed by atoms with E-state index in [1.165, 1.54) is 19.2 Å². The van der Waals surface area contributed by atoms with E-state index in [1.54, 1.807) is 18.3 Å². The molecule has 2 aromatic rings. The first-order valence-corrected chi connectivity index (χ1v) is 6.78. The van der Waals surface area contributed by atoms with Gasteiger partial charge in [-0.1, -0.05) is 23.2 Å². The molecule has 0 aliphatic heterocycles. The Hall–Kier alpha value is -1.98. The maximum atomic E-state index is 12.1. The van der Waals surface area contributed by atoms with Crippen LogP contribution in [-0.2, 0) is 6.54 Å². The zero-order valence-corrected chi connectivity index (χ0v) is 12.7. The summed E-state index contributed by atoms with van der Waals surface area (Å²) in [5.41, 5.74) is 7.13. The van der Waals surface area contributed by atoms with Crippen molar-refractivity contribution in [2.45, 2.75) is 6.54 Å². The van der Waals surface area contributed by atoms with E-state index in [9.17, 15) is 4.79 Å². The molecule has 110 valence electrons. The van der Waals surface area contributed by atoms with Gasteiger partial charge < -0.3 is 15.8 Å². The molecule has 0 fully saturated rings. The molecule has 3 N–H and O–H groups in total. The Balaban J connectivity index is 2.11. The summed E-state index contributed by atoms with van der Waals surface area (Å²) in [7, 11) is 1.53. The second-order valence-electron chi connectivity index (χ2n) is 4.25. The minimum atomic E-state index is -0.357. The number of halogens is 2. The number of nitrogens with two attached hydrogens (primary N) is 1. The first kappa shape index (κ1) is 15.4. The minimum Gasteiger partial charge on any atom is -0.481 e. The summed E-state index contributed by atoms with van der Waals surface area (Å²) in [4.78, 5) is 16.1. The van der Waals surface area contributed by atoms with Crippen molar-refractivity contribution in [1.82, 2.24) is 10.3 Å². The third-order valence-corrected chi connectivity index (χ3v) is 3.56. The molecule has 2 rings (SSSR count). The summed E-state index contributed by atoms with van der Waals surface area (Å²) in [5, 5.41) is 3.16. The number of methoxy groups -OCH3 is 1. The molecule has 0 radical (unpaired) electrons. The number of ether oxygens (including phenoxy) is 1. The summed E-state index contributed by atoms with van der Waals surface area (Å²) in [5.74, 6) is 0.122. The lowest BCUT2D eigenvalue weighted by Crippen LogP contribution is -2.23. The predicted octanol–water partition coefficient (Wildman–Crippen LogP) is 2.91. The van der Waals surface area contributed by atoms with Crippen LogP contribution >= 0.6 is 23.2 Å². The van der Waals surface area contributed by atoms with Crippen LogP contribution in [-0.4, -0.2) is 18.0 Å². The normalized spacial score (nSPS) is 10.2. The molecule has 0 saturated heterocycles. The Labute approximate surface area is 132 Å². The molecule has 1 aromatic heterocycles. The lowest BCUT2D eigenvalue weighted by molar-refractivity contribution is 0.0951. The van der Waals surface area contributed by atoms with Gasteiger partial charge in [-0.2, -0.15) is 0 Å². The van der Waals surface area contributed by atoms with Crippen molar-refractivity contribution >= 4 is 34.8 Å². The van der Waals surface area contributed by atoms with Gasteiger partial charge in [0, 0.05) is 24.5 Å². The van der Waals surface area contributed by atoms with E-state index in [0.717, 1.165) is 5.56 Å². The third-order valence-electron chi connectivity index (χ3n) is 2.76. The SMILES string of the molecule is COc1cc(CNC(=O)c2cc(N)cc(Cl)c2Cl)ccn1. The second kappa shape index (κ2) is 6.65. The van der Waals surface area contributed by atoms with Gasteiger partial charge in [-0.3, -0.25) is 4.79 Å². The fraction of sp³-hybridized carbons (Fsp3) is 0.143. The van der Waals surface area contributed by atoms with E-state index in [4.69, 9.17) is 33.7 Å². The molecule has 0 bridgehead atoms. The summed E-state index contributed by atoms with van der Waals surface area (Å²) < 4.78 is 5.02. The molecular weight excluding hydrogens is 313 g/mol. The first-order chi connectivity index (χ1) is 10.0. The topological polar surface area (TPSA) is 77.2 Å². The van der Waals surface area contributed by atoms with Crippen LogP contribution in [0, 0.1) is 0 Å². The average molecular weight is 326 g/mol. The molecule has 1 amide bonds. The molecule has 0 atom stereocenters. The van der Waals surface area contributed by atoms with Gasteiger partial charge in [0.25, 0.3) is 5.91 Å². The van der Waals surface area contributed by atoms with Crippen molar-refractivity contribution in [2.75, 3.05) is 12.8 Å². The van der Waals surface area contributed by atoms with Crippen LogP contribution in [0.4, 0.5) is 5.69 Å². The summed E-state index contributed by atoms with van der Waals surface area (Å²) in [6, 6.07) is 6.48. The van der Waals surface area contributed by atoms with Gasteiger partial charge in [0.05, 0.1) is 22.7 Å². The Morgan fingerprint density at radius 1 is 1.38 bits per heavy atom. The molecule has 0 spiro atoms. The van der Waals surface area contributed by atoms with Crippen LogP contribution in [0.5, 0.6) is 5.88 Å². The number of nitrogens with one attached hydrogen (secondary N) is 1. The van der Waals surface area contributed by atoms with Crippen molar-refractivity contribution in [3.05, 3.63) is 51.6 Å². The molecule has 0 unspecified atom stereocenters. The number of nitrogen functional groups attached to an aromatic ring is 1. The second-order valence-corrected chi connectivity index (χ2v) is 5.04. The van der Waals surface area contributed by atoms with Gasteiger partial charge in [0.1, 0.15) is 0 Å². The van der Waals surface area contributed by atoms with Crippen molar-refractivity contribution in [2.24, 2.45) is 0 Å². The number of pyridine rings is 1. The molecule has 1 aromatic carbocycles. The van der Waals surface area contributed by atoms with Crippen LogP contribution in [0.25, 0.3) is 0 Å². The van der Waals surface area contributed by atoms with E-state index >= 15 is 0 Å². The number of aromatic nitrogens is 1. The number of benzene rings is 1. The van der Waals surface area contributed by atoms with Gasteiger partial charge >= 0.3 is 0 Å². The molecule has 5 nitrogen and oxygen atoms in total. The Kier molecular flexibility index (Phi) is 4.88. The number of hydrogen-bond acceptors (Lipinski definition) is 4. The number of carbonyl (C=O) groups excluding carboxylic acids is 1. The predicted molar refractivity (Wildman–Crippen MR) is 82.8 cm³/mol. The average Bonchev–Trinajstić information content (AvgIpc) is 2.48. The quantitative estimate of drug-likeness (QED) is 0.847. The minimum absolute atomic E-state index is 0.177. The number of anilines is 1. The highest BCUT2D eigenvalue weighted by molar-refractivity contribution is 6.44. The maximum Gasteiger partial charge on any atom is 0.253 e. The lowest BCUT2D eigenvalue weighted by Gasteiger charge is -2.09. The molecule has 1 heterocycles. The van der Waals surface area contributed by atoms with Gasteiger partial charge in [-0.15, -0.1) is 0 Å². The molecule has 7 heteroatoms. The highest BCUT2D eigenvalue weighted by Gasteiger charge is 2.14. The monoisotopic (exact) mass is 325 g/mol. The molecule has 0 saturated carbocycles. The Bertz CT molecular complexity index is 677. The number of nitrogens with zero attached hydrogens (tertiary/aromatic N) is 1. The van der Waals surface area contributed by atoms with Gasteiger partial charge in [-0.05, 0) is 23.8 Å². The van der Waals surface area contributed by atoms with E-state index in [0.29, 0.717) is 18.1 Å². The molecular formula is C14H13Cl2N3O2. The summed E-state index contributed by atoms with van der Waals surface area (Å²) in [6.07, 6.45) is 1.60. The van der Waals surface area contributed by atoms with Gasteiger partial charge in [0.2, 0.25) is 5.88 Å². The van der Waals surface area contributed by atoms with E-state index in [1.807, 2.05) is 0 Å². The molecule has 0 aliphatic carbocycles. The largest absolute Gasteiger partial charge is 0.481 e. The summed E-state index contributed by atoms with van der Waals surface area (Å²) in [6.45, 7) is 0.306. The van der Waals surface area contributed by atoms with Crippen molar-refractivity contribution in [1.29, 1.82) is 0 Å².